The van der Waals surface area contributed by atoms with Gasteiger partial charge in [-0.05, 0) is 6.42 Å². The Morgan fingerprint density at radius 3 is 1.54 bits per heavy atom. The van der Waals surface area contributed by atoms with Crippen LogP contribution in [0.1, 0.15) is 121 Å². The van der Waals surface area contributed by atoms with E-state index in [0.717, 1.165) is 56.3 Å². The molecule has 1 atom stereocenters. The number of nitrogens with zero attached hydrogens (tertiary/aromatic N) is 1. The Kier molecular flexibility index (Phi) is 16.3. The molecule has 1 fully saturated rings. The third kappa shape index (κ3) is 14.5. The highest BCUT2D eigenvalue weighted by Gasteiger charge is 2.37. The summed E-state index contributed by atoms with van der Waals surface area (Å²) in [5, 5.41) is 0. The first-order valence-corrected chi connectivity index (χ1v) is 18.1. The number of rotatable bonds is 22. The number of phosphoric ester groups is 1. The minimum Gasteiger partial charge on any atom is -0.316 e. The van der Waals surface area contributed by atoms with E-state index in [0.29, 0.717) is 6.61 Å². The Labute approximate surface area is 250 Å². The van der Waals surface area contributed by atoms with Crippen molar-refractivity contribution in [2.24, 2.45) is 0 Å². The number of hydrogen-bond acceptors (Lipinski definition) is 3. The zero-order chi connectivity index (χ0) is 29.1. The van der Waals surface area contributed by atoms with E-state index >= 15 is 0 Å². The lowest BCUT2D eigenvalue weighted by Crippen LogP contribution is -2.52. The summed E-state index contributed by atoms with van der Waals surface area (Å²) in [4.78, 5) is 10.4. The van der Waals surface area contributed by atoms with Crippen molar-refractivity contribution >= 4 is 7.82 Å². The van der Waals surface area contributed by atoms with Crippen LogP contribution in [0, 0.1) is 0 Å². The number of quaternary nitrogens is 1. The quantitative estimate of drug-likeness (QED) is 0.0847. The molecule has 1 aliphatic rings. The lowest BCUT2D eigenvalue weighted by Gasteiger charge is -2.44. The second-order valence-corrected chi connectivity index (χ2v) is 13.7. The molecule has 3 rings (SSSR count). The first-order valence-electron chi connectivity index (χ1n) is 16.6. The maximum absolute atomic E-state index is 12.7. The standard InChI is InChI=1S/C35H56NO4P/c1-2-3-4-5-6-7-8-9-10-11-12-13-14-21-30-39-41(37,38)40-35-26-28-36(29-27-35,31-33-22-17-15-18-23-33)32-34-24-19-16-20-25-34/h15-20,22-25,35H,2-14,21,26-32H2,1H3/p+1. The topological polar surface area (TPSA) is 55.8 Å². The molecule has 0 aromatic heterocycles. The molecule has 0 radical (unpaired) electrons. The molecule has 0 saturated carbocycles. The van der Waals surface area contributed by atoms with Crippen LogP contribution in [0.2, 0.25) is 0 Å². The van der Waals surface area contributed by atoms with Gasteiger partial charge in [-0.1, -0.05) is 151 Å². The lowest BCUT2D eigenvalue weighted by molar-refractivity contribution is -0.958. The average Bonchev–Trinajstić information content (AvgIpc) is 2.97. The Hall–Kier alpha value is -1.49. The highest BCUT2D eigenvalue weighted by Crippen LogP contribution is 2.46. The van der Waals surface area contributed by atoms with Gasteiger partial charge in [-0.2, -0.15) is 0 Å². The maximum Gasteiger partial charge on any atom is 0.472 e. The molecule has 0 aliphatic carbocycles. The van der Waals surface area contributed by atoms with Crippen LogP contribution in [0.4, 0.5) is 0 Å². The van der Waals surface area contributed by atoms with Gasteiger partial charge in [-0.25, -0.2) is 4.57 Å². The molecule has 1 saturated heterocycles. The molecule has 41 heavy (non-hydrogen) atoms. The van der Waals surface area contributed by atoms with E-state index in [1.165, 1.54) is 88.2 Å². The van der Waals surface area contributed by atoms with Gasteiger partial charge in [0.15, 0.2) is 0 Å². The van der Waals surface area contributed by atoms with Crippen LogP contribution in [0.3, 0.4) is 0 Å². The van der Waals surface area contributed by atoms with E-state index in [-0.39, 0.29) is 6.10 Å². The molecule has 1 unspecified atom stereocenters. The fourth-order valence-corrected chi connectivity index (χ4v) is 7.21. The van der Waals surface area contributed by atoms with E-state index in [1.807, 2.05) is 0 Å². The Balaban J connectivity index is 1.27. The number of phosphoric acid groups is 1. The van der Waals surface area contributed by atoms with Gasteiger partial charge in [0.25, 0.3) is 0 Å². The molecule has 5 nitrogen and oxygen atoms in total. The number of likely N-dealkylation sites (tertiary alicyclic amines) is 1. The fourth-order valence-electron chi connectivity index (χ4n) is 6.21. The monoisotopic (exact) mass is 586 g/mol. The zero-order valence-corrected chi connectivity index (χ0v) is 26.7. The van der Waals surface area contributed by atoms with Gasteiger partial charge in [-0.3, -0.25) is 9.05 Å². The maximum atomic E-state index is 12.7. The minimum absolute atomic E-state index is 0.236. The summed E-state index contributed by atoms with van der Waals surface area (Å²) in [6.45, 7) is 6.29. The lowest BCUT2D eigenvalue weighted by atomic mass is 10.0. The van der Waals surface area contributed by atoms with Crippen molar-refractivity contribution < 1.29 is 23.0 Å². The predicted octanol–water partition coefficient (Wildman–Crippen LogP) is 9.98. The third-order valence-electron chi connectivity index (χ3n) is 8.61. The van der Waals surface area contributed by atoms with Crippen molar-refractivity contribution in [3.05, 3.63) is 71.8 Å². The van der Waals surface area contributed by atoms with E-state index in [4.69, 9.17) is 9.05 Å². The van der Waals surface area contributed by atoms with E-state index in [2.05, 4.69) is 67.6 Å². The van der Waals surface area contributed by atoms with Crippen molar-refractivity contribution in [1.82, 2.24) is 0 Å². The van der Waals surface area contributed by atoms with Crippen LogP contribution < -0.4 is 0 Å². The Bertz CT molecular complexity index is 919. The number of piperidine rings is 1. The molecule has 6 heteroatoms. The van der Waals surface area contributed by atoms with Gasteiger partial charge in [-0.15, -0.1) is 0 Å². The average molecular weight is 587 g/mol. The van der Waals surface area contributed by atoms with Crippen molar-refractivity contribution in [3.8, 4) is 0 Å². The number of benzene rings is 2. The highest BCUT2D eigenvalue weighted by atomic mass is 31.2. The van der Waals surface area contributed by atoms with Crippen molar-refractivity contribution in [2.45, 2.75) is 129 Å². The van der Waals surface area contributed by atoms with Crippen LogP contribution in [-0.2, 0) is 26.7 Å². The van der Waals surface area contributed by atoms with Crippen LogP contribution >= 0.6 is 7.82 Å². The van der Waals surface area contributed by atoms with Crippen LogP contribution in [0.25, 0.3) is 0 Å². The smallest absolute Gasteiger partial charge is 0.316 e. The minimum atomic E-state index is -4.03. The summed E-state index contributed by atoms with van der Waals surface area (Å²) in [6, 6.07) is 21.3. The van der Waals surface area contributed by atoms with Crippen molar-refractivity contribution in [1.29, 1.82) is 0 Å². The molecular formula is C35H57NO4P+. The Morgan fingerprint density at radius 1 is 0.683 bits per heavy atom. The van der Waals surface area contributed by atoms with Crippen molar-refractivity contribution in [3.63, 3.8) is 0 Å². The Morgan fingerprint density at radius 2 is 1.10 bits per heavy atom. The van der Waals surface area contributed by atoms with E-state index < -0.39 is 7.82 Å². The normalized spacial score (nSPS) is 16.9. The van der Waals surface area contributed by atoms with Gasteiger partial charge < -0.3 is 9.38 Å². The van der Waals surface area contributed by atoms with Gasteiger partial charge >= 0.3 is 7.82 Å². The molecule has 0 bridgehead atoms. The van der Waals surface area contributed by atoms with Crippen LogP contribution in [-0.4, -0.2) is 35.2 Å². The van der Waals surface area contributed by atoms with Crippen LogP contribution in [0.5, 0.6) is 0 Å². The van der Waals surface area contributed by atoms with Gasteiger partial charge in [0, 0.05) is 24.0 Å². The number of unbranched alkanes of at least 4 members (excludes halogenated alkanes) is 13. The number of hydrogen-bond donors (Lipinski definition) is 1. The summed E-state index contributed by atoms with van der Waals surface area (Å²) < 4.78 is 24.6. The third-order valence-corrected chi connectivity index (χ3v) is 9.68. The predicted molar refractivity (Wildman–Crippen MR) is 170 cm³/mol. The van der Waals surface area contributed by atoms with Crippen LogP contribution in [0.15, 0.2) is 60.7 Å². The molecule has 1 heterocycles. The molecule has 0 amide bonds. The fraction of sp³-hybridized carbons (Fsp3) is 0.657. The van der Waals surface area contributed by atoms with Gasteiger partial charge in [0.05, 0.1) is 25.8 Å². The van der Waals surface area contributed by atoms with E-state index in [9.17, 15) is 9.46 Å². The zero-order valence-electron chi connectivity index (χ0n) is 25.8. The largest absolute Gasteiger partial charge is 0.472 e. The molecular weight excluding hydrogens is 529 g/mol. The summed E-state index contributed by atoms with van der Waals surface area (Å²) in [7, 11) is -4.03. The van der Waals surface area contributed by atoms with E-state index in [1.54, 1.807) is 0 Å². The van der Waals surface area contributed by atoms with Gasteiger partial charge in [0.2, 0.25) is 0 Å². The summed E-state index contributed by atoms with van der Waals surface area (Å²) in [5.41, 5.74) is 2.65. The molecule has 2 aromatic carbocycles. The SMILES string of the molecule is CCCCCCCCCCCCCCCCOP(=O)(O)OC1CC[N+](Cc2ccccc2)(Cc2ccccc2)CC1. The summed E-state index contributed by atoms with van der Waals surface area (Å²) >= 11 is 0. The van der Waals surface area contributed by atoms with Gasteiger partial charge in [0.1, 0.15) is 13.1 Å². The molecule has 0 spiro atoms. The molecule has 230 valence electrons. The molecule has 1 aliphatic heterocycles. The molecule has 1 N–H and O–H groups in total. The first kappa shape index (κ1) is 34.0. The molecule has 2 aromatic rings. The summed E-state index contributed by atoms with van der Waals surface area (Å²) in [6.07, 6.45) is 19.3. The van der Waals surface area contributed by atoms with Crippen molar-refractivity contribution in [2.75, 3.05) is 19.7 Å². The summed E-state index contributed by atoms with van der Waals surface area (Å²) in [5.74, 6) is 0. The second kappa shape index (κ2) is 19.7. The first-order chi connectivity index (χ1) is 20.0. The second-order valence-electron chi connectivity index (χ2n) is 12.3. The highest BCUT2D eigenvalue weighted by molar-refractivity contribution is 7.47.